The Kier molecular flexibility index (Phi) is 5.53. The van der Waals surface area contributed by atoms with Crippen LogP contribution in [0.25, 0.3) is 0 Å². The van der Waals surface area contributed by atoms with Crippen molar-refractivity contribution in [3.63, 3.8) is 0 Å². The molecular weight excluding hydrogens is 384 g/mol. The molecule has 0 atom stereocenters. The van der Waals surface area contributed by atoms with Crippen LogP contribution in [0.1, 0.15) is 17.7 Å². The molecule has 0 bridgehead atoms. The first kappa shape index (κ1) is 19.4. The van der Waals surface area contributed by atoms with Crippen molar-refractivity contribution in [2.45, 2.75) is 13.3 Å². The standard InChI is InChI=1S/C21H26N6OS/c1-15-6-8-22-19-18(7-9-25(2)20(15)19)23-24-21(29)27-12-10-26(11-13-27)16-4-3-5-17(28)14-16/h3-6,8,14,28H,7,9-13H2,1-2H3,(H,24,29)/b23-18-. The van der Waals surface area contributed by atoms with Gasteiger partial charge in [-0.3, -0.25) is 10.4 Å². The molecule has 29 heavy (non-hydrogen) atoms. The van der Waals surface area contributed by atoms with Gasteiger partial charge in [-0.25, -0.2) is 0 Å². The summed E-state index contributed by atoms with van der Waals surface area (Å²) in [6.07, 6.45) is 2.67. The fourth-order valence-electron chi connectivity index (χ4n) is 3.90. The second kappa shape index (κ2) is 8.24. The van der Waals surface area contributed by atoms with E-state index in [-0.39, 0.29) is 0 Å². The number of aromatic nitrogens is 1. The molecule has 2 N–H and O–H groups in total. The zero-order valence-corrected chi connectivity index (χ0v) is 17.6. The van der Waals surface area contributed by atoms with Gasteiger partial charge in [-0.2, -0.15) is 5.10 Å². The number of pyridine rings is 1. The number of fused-ring (bicyclic) bond motifs is 1. The Morgan fingerprint density at radius 3 is 2.72 bits per heavy atom. The van der Waals surface area contributed by atoms with Crippen molar-refractivity contribution >= 4 is 34.4 Å². The molecule has 0 saturated carbocycles. The molecule has 2 aliphatic rings. The van der Waals surface area contributed by atoms with Crippen LogP contribution < -0.4 is 15.2 Å². The minimum atomic E-state index is 0.292. The Morgan fingerprint density at radius 2 is 1.97 bits per heavy atom. The molecule has 4 rings (SSSR count). The molecule has 8 heteroatoms. The number of aromatic hydroxyl groups is 1. The number of phenolic OH excluding ortho intramolecular Hbond substituents is 1. The zero-order chi connectivity index (χ0) is 20.4. The number of rotatable bonds is 2. The number of anilines is 2. The third kappa shape index (κ3) is 4.12. The fourth-order valence-corrected chi connectivity index (χ4v) is 4.13. The summed E-state index contributed by atoms with van der Waals surface area (Å²) in [5, 5.41) is 14.9. The number of thiocarbonyl (C=S) groups is 1. The lowest BCUT2D eigenvalue weighted by atomic mass is 10.0. The summed E-state index contributed by atoms with van der Waals surface area (Å²) in [6, 6.07) is 9.40. The van der Waals surface area contributed by atoms with E-state index >= 15 is 0 Å². The van der Waals surface area contributed by atoms with E-state index in [1.165, 1.54) is 5.56 Å². The van der Waals surface area contributed by atoms with Crippen molar-refractivity contribution in [1.29, 1.82) is 0 Å². The maximum absolute atomic E-state index is 9.69. The van der Waals surface area contributed by atoms with Gasteiger partial charge in [-0.1, -0.05) is 6.07 Å². The van der Waals surface area contributed by atoms with Crippen LogP contribution >= 0.6 is 12.2 Å². The second-order valence-corrected chi connectivity index (χ2v) is 7.85. The predicted octanol–water partition coefficient (Wildman–Crippen LogP) is 2.34. The largest absolute Gasteiger partial charge is 0.508 e. The van der Waals surface area contributed by atoms with Crippen LogP contribution in [0.15, 0.2) is 41.6 Å². The monoisotopic (exact) mass is 410 g/mol. The highest BCUT2D eigenvalue weighted by atomic mass is 32.1. The van der Waals surface area contributed by atoms with Crippen LogP contribution in [-0.4, -0.2) is 65.6 Å². The molecule has 0 radical (unpaired) electrons. The van der Waals surface area contributed by atoms with E-state index in [4.69, 9.17) is 12.2 Å². The lowest BCUT2D eigenvalue weighted by Crippen LogP contribution is -2.51. The highest BCUT2D eigenvalue weighted by Gasteiger charge is 2.23. The van der Waals surface area contributed by atoms with E-state index in [1.807, 2.05) is 24.4 Å². The van der Waals surface area contributed by atoms with Gasteiger partial charge in [-0.15, -0.1) is 0 Å². The van der Waals surface area contributed by atoms with Crippen molar-refractivity contribution in [2.24, 2.45) is 5.10 Å². The lowest BCUT2D eigenvalue weighted by Gasteiger charge is -2.37. The summed E-state index contributed by atoms with van der Waals surface area (Å²) >= 11 is 5.58. The maximum Gasteiger partial charge on any atom is 0.189 e. The van der Waals surface area contributed by atoms with Crippen molar-refractivity contribution in [3.8, 4) is 5.75 Å². The first-order chi connectivity index (χ1) is 14.0. The number of nitrogens with zero attached hydrogens (tertiary/aromatic N) is 5. The van der Waals surface area contributed by atoms with Crippen LogP contribution in [-0.2, 0) is 0 Å². The Hall–Kier alpha value is -2.87. The molecule has 2 aliphatic heterocycles. The summed E-state index contributed by atoms with van der Waals surface area (Å²) < 4.78 is 0. The van der Waals surface area contributed by atoms with E-state index in [0.29, 0.717) is 10.9 Å². The van der Waals surface area contributed by atoms with Gasteiger partial charge in [0.05, 0.1) is 11.4 Å². The molecular formula is C21H26N6OS. The number of hydrazone groups is 1. The second-order valence-electron chi connectivity index (χ2n) is 7.47. The normalized spacial score (nSPS) is 18.0. The smallest absolute Gasteiger partial charge is 0.189 e. The average Bonchev–Trinajstić information content (AvgIpc) is 2.73. The van der Waals surface area contributed by atoms with Gasteiger partial charge >= 0.3 is 0 Å². The summed E-state index contributed by atoms with van der Waals surface area (Å²) in [6.45, 7) is 6.32. The Bertz CT molecular complexity index is 939. The third-order valence-corrected chi connectivity index (χ3v) is 5.86. The molecule has 1 aromatic heterocycles. The van der Waals surface area contributed by atoms with Gasteiger partial charge in [0.15, 0.2) is 5.11 Å². The first-order valence-electron chi connectivity index (χ1n) is 9.85. The van der Waals surface area contributed by atoms with E-state index in [0.717, 1.165) is 61.9 Å². The van der Waals surface area contributed by atoms with Gasteiger partial charge in [0.1, 0.15) is 11.4 Å². The first-order valence-corrected chi connectivity index (χ1v) is 10.3. The van der Waals surface area contributed by atoms with E-state index in [2.05, 4.69) is 44.2 Å². The zero-order valence-electron chi connectivity index (χ0n) is 16.8. The molecule has 7 nitrogen and oxygen atoms in total. The molecule has 3 heterocycles. The van der Waals surface area contributed by atoms with Gasteiger partial charge in [-0.05, 0) is 42.9 Å². The average molecular weight is 411 g/mol. The summed E-state index contributed by atoms with van der Waals surface area (Å²) in [5.41, 5.74) is 8.35. The van der Waals surface area contributed by atoms with Crippen LogP contribution in [0.3, 0.4) is 0 Å². The quantitative estimate of drug-likeness (QED) is 0.582. The van der Waals surface area contributed by atoms with Crippen molar-refractivity contribution in [3.05, 3.63) is 47.8 Å². The van der Waals surface area contributed by atoms with Crippen molar-refractivity contribution in [2.75, 3.05) is 49.6 Å². The number of hydrogen-bond donors (Lipinski definition) is 2. The summed E-state index contributed by atoms with van der Waals surface area (Å²) in [4.78, 5) is 11.2. The van der Waals surface area contributed by atoms with Gasteiger partial charge < -0.3 is 19.8 Å². The lowest BCUT2D eigenvalue weighted by molar-refractivity contribution is 0.380. The number of piperazine rings is 1. The topological polar surface area (TPSA) is 67.2 Å². The molecule has 0 amide bonds. The van der Waals surface area contributed by atoms with E-state index in [1.54, 1.807) is 12.1 Å². The molecule has 1 saturated heterocycles. The molecule has 0 unspecified atom stereocenters. The summed E-state index contributed by atoms with van der Waals surface area (Å²) in [5.74, 6) is 0.292. The van der Waals surface area contributed by atoms with Crippen molar-refractivity contribution < 1.29 is 5.11 Å². The van der Waals surface area contributed by atoms with E-state index < -0.39 is 0 Å². The molecule has 1 fully saturated rings. The van der Waals surface area contributed by atoms with Crippen LogP contribution in [0, 0.1) is 6.92 Å². The molecule has 152 valence electrons. The molecule has 2 aromatic rings. The Labute approximate surface area is 176 Å². The van der Waals surface area contributed by atoms with Crippen LogP contribution in [0.2, 0.25) is 0 Å². The number of phenols is 1. The van der Waals surface area contributed by atoms with Crippen molar-refractivity contribution in [1.82, 2.24) is 15.3 Å². The highest BCUT2D eigenvalue weighted by molar-refractivity contribution is 7.80. The number of nitrogens with one attached hydrogen (secondary N) is 1. The van der Waals surface area contributed by atoms with Crippen LogP contribution in [0.5, 0.6) is 5.75 Å². The fraction of sp³-hybridized carbons (Fsp3) is 0.381. The number of hydrogen-bond acceptors (Lipinski definition) is 6. The molecule has 1 aromatic carbocycles. The Morgan fingerprint density at radius 1 is 1.17 bits per heavy atom. The minimum Gasteiger partial charge on any atom is -0.508 e. The highest BCUT2D eigenvalue weighted by Crippen LogP contribution is 2.27. The number of aryl methyl sites for hydroxylation is 1. The molecule has 0 aliphatic carbocycles. The van der Waals surface area contributed by atoms with E-state index in [9.17, 15) is 5.11 Å². The Balaban J connectivity index is 1.39. The van der Waals surface area contributed by atoms with Gasteiger partial charge in [0.2, 0.25) is 0 Å². The van der Waals surface area contributed by atoms with Crippen LogP contribution in [0.4, 0.5) is 11.4 Å². The third-order valence-electron chi connectivity index (χ3n) is 5.51. The SMILES string of the molecule is Cc1ccnc2c1N(C)CC/C2=N/NC(=S)N1CCN(c2cccc(O)c2)CC1. The number of benzene rings is 1. The van der Waals surface area contributed by atoms with Gasteiger partial charge in [0.25, 0.3) is 0 Å². The predicted molar refractivity (Wildman–Crippen MR) is 121 cm³/mol. The molecule has 0 spiro atoms. The summed E-state index contributed by atoms with van der Waals surface area (Å²) in [7, 11) is 2.09. The van der Waals surface area contributed by atoms with Gasteiger partial charge in [0, 0.05) is 64.1 Å². The maximum atomic E-state index is 9.69. The minimum absolute atomic E-state index is 0.292.